The monoisotopic (exact) mass is 331 g/mol. The molecule has 1 aromatic carbocycles. The number of hydrogen-bond donors (Lipinski definition) is 1. The van der Waals surface area contributed by atoms with Gasteiger partial charge in [-0.1, -0.05) is 18.2 Å². The molecule has 1 aromatic heterocycles. The number of halogens is 2. The molecule has 2 aromatic rings. The van der Waals surface area contributed by atoms with Gasteiger partial charge in [0.2, 0.25) is 5.91 Å². The number of pyridine rings is 1. The fourth-order valence-electron chi connectivity index (χ4n) is 3.00. The Labute approximate surface area is 139 Å². The number of nitrogens with zero attached hydrogens (tertiary/aromatic N) is 2. The summed E-state index contributed by atoms with van der Waals surface area (Å²) in [6, 6.07) is 7.75. The molecule has 6 heteroatoms. The van der Waals surface area contributed by atoms with Crippen molar-refractivity contribution in [2.45, 2.75) is 18.9 Å². The van der Waals surface area contributed by atoms with Gasteiger partial charge in [-0.15, -0.1) is 0 Å². The fraction of sp³-hybridized carbons (Fsp3) is 0.333. The number of amides is 1. The zero-order valence-corrected chi connectivity index (χ0v) is 13.2. The van der Waals surface area contributed by atoms with E-state index in [0.29, 0.717) is 13.1 Å². The van der Waals surface area contributed by atoms with E-state index in [-0.39, 0.29) is 30.4 Å². The molecule has 0 saturated carbocycles. The second-order valence-electron chi connectivity index (χ2n) is 5.81. The number of benzene rings is 1. The number of carbonyl (C=O) groups excluding carboxylic acids is 1. The number of piperazine rings is 1. The lowest BCUT2D eigenvalue weighted by atomic mass is 10.0. The first kappa shape index (κ1) is 16.5. The molecule has 1 unspecified atom stereocenters. The molecule has 1 fully saturated rings. The predicted octanol–water partition coefficient (Wildman–Crippen LogP) is 2.47. The lowest BCUT2D eigenvalue weighted by Gasteiger charge is -2.36. The summed E-state index contributed by atoms with van der Waals surface area (Å²) in [5.41, 5.74) is 1.20. The second-order valence-corrected chi connectivity index (χ2v) is 5.81. The Morgan fingerprint density at radius 1 is 1.29 bits per heavy atom. The molecule has 1 aliphatic heterocycles. The van der Waals surface area contributed by atoms with Crippen molar-refractivity contribution in [3.05, 3.63) is 65.5 Å². The van der Waals surface area contributed by atoms with Gasteiger partial charge in [0.1, 0.15) is 0 Å². The van der Waals surface area contributed by atoms with Crippen LogP contribution in [0.4, 0.5) is 8.78 Å². The summed E-state index contributed by atoms with van der Waals surface area (Å²) in [5.74, 6) is -1.81. The van der Waals surface area contributed by atoms with Crippen LogP contribution in [-0.4, -0.2) is 35.4 Å². The zero-order chi connectivity index (χ0) is 16.9. The molecule has 1 N–H and O–H groups in total. The van der Waals surface area contributed by atoms with Crippen LogP contribution in [0.2, 0.25) is 0 Å². The predicted molar refractivity (Wildman–Crippen MR) is 86.2 cm³/mol. The Kier molecular flexibility index (Phi) is 5.15. The van der Waals surface area contributed by atoms with Gasteiger partial charge < -0.3 is 10.2 Å². The Bertz CT molecular complexity index is 709. The Balaban J connectivity index is 1.69. The SMILES string of the molecule is O=C(CCc1cccc(F)c1F)N1CCNCC1c1cccnc1. The van der Waals surface area contributed by atoms with Gasteiger partial charge in [0, 0.05) is 38.4 Å². The van der Waals surface area contributed by atoms with Crippen LogP contribution in [0.5, 0.6) is 0 Å². The number of nitrogens with one attached hydrogen (secondary N) is 1. The summed E-state index contributed by atoms with van der Waals surface area (Å²) in [6.07, 6.45) is 3.78. The maximum atomic E-state index is 13.7. The molecule has 0 bridgehead atoms. The van der Waals surface area contributed by atoms with Crippen molar-refractivity contribution < 1.29 is 13.6 Å². The van der Waals surface area contributed by atoms with Crippen molar-refractivity contribution in [1.29, 1.82) is 0 Å². The number of aromatic nitrogens is 1. The van der Waals surface area contributed by atoms with E-state index in [1.165, 1.54) is 12.1 Å². The number of aryl methyl sites for hydroxylation is 1. The van der Waals surface area contributed by atoms with E-state index >= 15 is 0 Å². The van der Waals surface area contributed by atoms with Gasteiger partial charge in [-0.3, -0.25) is 9.78 Å². The van der Waals surface area contributed by atoms with Gasteiger partial charge in [-0.2, -0.15) is 0 Å². The molecular weight excluding hydrogens is 312 g/mol. The molecule has 1 saturated heterocycles. The number of carbonyl (C=O) groups is 1. The number of rotatable bonds is 4. The lowest BCUT2D eigenvalue weighted by Crippen LogP contribution is -2.48. The van der Waals surface area contributed by atoms with Crippen LogP contribution in [0.1, 0.15) is 23.6 Å². The van der Waals surface area contributed by atoms with Gasteiger partial charge >= 0.3 is 0 Å². The van der Waals surface area contributed by atoms with Crippen LogP contribution in [0, 0.1) is 11.6 Å². The minimum Gasteiger partial charge on any atom is -0.333 e. The highest BCUT2D eigenvalue weighted by Crippen LogP contribution is 2.23. The van der Waals surface area contributed by atoms with Gasteiger partial charge in [-0.25, -0.2) is 8.78 Å². The molecule has 4 nitrogen and oxygen atoms in total. The lowest BCUT2D eigenvalue weighted by molar-refractivity contribution is -0.134. The van der Waals surface area contributed by atoms with E-state index in [4.69, 9.17) is 0 Å². The minimum absolute atomic E-state index is 0.0611. The average Bonchev–Trinajstić information content (AvgIpc) is 2.63. The molecular formula is C18H19F2N3O. The Hall–Kier alpha value is -2.34. The highest BCUT2D eigenvalue weighted by Gasteiger charge is 2.27. The third-order valence-electron chi connectivity index (χ3n) is 4.27. The van der Waals surface area contributed by atoms with Crippen molar-refractivity contribution in [2.24, 2.45) is 0 Å². The van der Waals surface area contributed by atoms with Crippen molar-refractivity contribution in [3.63, 3.8) is 0 Å². The molecule has 24 heavy (non-hydrogen) atoms. The smallest absolute Gasteiger partial charge is 0.223 e. The topological polar surface area (TPSA) is 45.2 Å². The van der Waals surface area contributed by atoms with Crippen LogP contribution >= 0.6 is 0 Å². The third kappa shape index (κ3) is 3.59. The average molecular weight is 331 g/mol. The largest absolute Gasteiger partial charge is 0.333 e. The van der Waals surface area contributed by atoms with E-state index in [2.05, 4.69) is 10.3 Å². The van der Waals surface area contributed by atoms with Crippen LogP contribution < -0.4 is 5.32 Å². The summed E-state index contributed by atoms with van der Waals surface area (Å²) < 4.78 is 27.0. The fourth-order valence-corrected chi connectivity index (χ4v) is 3.00. The maximum Gasteiger partial charge on any atom is 0.223 e. The van der Waals surface area contributed by atoms with Gasteiger partial charge in [0.05, 0.1) is 6.04 Å². The molecule has 1 amide bonds. The number of hydrogen-bond acceptors (Lipinski definition) is 3. The van der Waals surface area contributed by atoms with Crippen molar-refractivity contribution >= 4 is 5.91 Å². The Morgan fingerprint density at radius 2 is 2.17 bits per heavy atom. The molecule has 2 heterocycles. The third-order valence-corrected chi connectivity index (χ3v) is 4.27. The second kappa shape index (κ2) is 7.49. The molecule has 0 aliphatic carbocycles. The first-order valence-electron chi connectivity index (χ1n) is 8.00. The zero-order valence-electron chi connectivity index (χ0n) is 13.2. The summed E-state index contributed by atoms with van der Waals surface area (Å²) >= 11 is 0. The first-order valence-corrected chi connectivity index (χ1v) is 8.00. The minimum atomic E-state index is -0.879. The molecule has 1 atom stereocenters. The Morgan fingerprint density at radius 3 is 2.96 bits per heavy atom. The van der Waals surface area contributed by atoms with Crippen LogP contribution in [-0.2, 0) is 11.2 Å². The van der Waals surface area contributed by atoms with Gasteiger partial charge in [-0.05, 0) is 29.7 Å². The molecule has 0 radical (unpaired) electrons. The van der Waals surface area contributed by atoms with Crippen molar-refractivity contribution in [3.8, 4) is 0 Å². The maximum absolute atomic E-state index is 13.7. The first-order chi connectivity index (χ1) is 11.7. The van der Waals surface area contributed by atoms with Crippen LogP contribution in [0.3, 0.4) is 0 Å². The van der Waals surface area contributed by atoms with Crippen molar-refractivity contribution in [1.82, 2.24) is 15.2 Å². The normalized spacial score (nSPS) is 17.8. The van der Waals surface area contributed by atoms with E-state index in [1.54, 1.807) is 17.3 Å². The molecule has 126 valence electrons. The molecule has 3 rings (SSSR count). The quantitative estimate of drug-likeness (QED) is 0.936. The summed E-state index contributed by atoms with van der Waals surface area (Å²) in [7, 11) is 0. The van der Waals surface area contributed by atoms with Crippen LogP contribution in [0.15, 0.2) is 42.7 Å². The summed E-state index contributed by atoms with van der Waals surface area (Å²) in [6.45, 7) is 1.96. The molecule has 1 aliphatic rings. The van der Waals surface area contributed by atoms with Gasteiger partial charge in [0.25, 0.3) is 0 Å². The van der Waals surface area contributed by atoms with Crippen LogP contribution in [0.25, 0.3) is 0 Å². The van der Waals surface area contributed by atoms with Gasteiger partial charge in [0.15, 0.2) is 11.6 Å². The van der Waals surface area contributed by atoms with E-state index < -0.39 is 11.6 Å². The standard InChI is InChI=1S/C18H19F2N3O/c19-15-5-1-3-13(18(15)20)6-7-17(24)23-10-9-22-12-16(23)14-4-2-8-21-11-14/h1-5,8,11,16,22H,6-7,9-10,12H2. The van der Waals surface area contributed by atoms with E-state index in [9.17, 15) is 13.6 Å². The van der Waals surface area contributed by atoms with E-state index in [1.807, 2.05) is 12.1 Å². The highest BCUT2D eigenvalue weighted by molar-refractivity contribution is 5.77. The highest BCUT2D eigenvalue weighted by atomic mass is 19.2. The van der Waals surface area contributed by atoms with E-state index in [0.717, 1.165) is 18.2 Å². The summed E-state index contributed by atoms with van der Waals surface area (Å²) in [4.78, 5) is 18.5. The summed E-state index contributed by atoms with van der Waals surface area (Å²) in [5, 5.41) is 3.28. The molecule has 0 spiro atoms. The van der Waals surface area contributed by atoms with Crippen molar-refractivity contribution in [2.75, 3.05) is 19.6 Å².